The normalized spacial score (nSPS) is 36.6. The van der Waals surface area contributed by atoms with E-state index in [-0.39, 0.29) is 0 Å². The molecule has 2 unspecified atom stereocenters. The molecule has 1 rings (SSSR count). The van der Waals surface area contributed by atoms with Crippen LogP contribution in [0, 0.1) is 0 Å². The van der Waals surface area contributed by atoms with Crippen molar-refractivity contribution in [1.82, 2.24) is 0 Å². The standard InChI is InChI=1S/C8H14Br2/c9-7-3-1-2-4-8(10)6-5-7/h7-8H,1-6H2. The Morgan fingerprint density at radius 1 is 0.700 bits per heavy atom. The summed E-state index contributed by atoms with van der Waals surface area (Å²) in [5.41, 5.74) is 0. The number of alkyl halides is 2. The highest BCUT2D eigenvalue weighted by atomic mass is 79.9. The first-order valence-corrected chi connectivity index (χ1v) is 5.90. The molecule has 0 N–H and O–H groups in total. The van der Waals surface area contributed by atoms with Gasteiger partial charge in [-0.05, 0) is 25.7 Å². The van der Waals surface area contributed by atoms with E-state index in [2.05, 4.69) is 31.9 Å². The van der Waals surface area contributed by atoms with E-state index in [9.17, 15) is 0 Å². The van der Waals surface area contributed by atoms with Gasteiger partial charge >= 0.3 is 0 Å². The van der Waals surface area contributed by atoms with Crippen LogP contribution in [0.5, 0.6) is 0 Å². The molecule has 1 saturated carbocycles. The van der Waals surface area contributed by atoms with E-state index in [1.54, 1.807) is 0 Å². The lowest BCUT2D eigenvalue weighted by atomic mass is 10.0. The molecule has 1 aliphatic carbocycles. The molecule has 1 fully saturated rings. The lowest BCUT2D eigenvalue weighted by molar-refractivity contribution is 0.530. The summed E-state index contributed by atoms with van der Waals surface area (Å²) in [6, 6.07) is 0. The summed E-state index contributed by atoms with van der Waals surface area (Å²) in [6.45, 7) is 0. The summed E-state index contributed by atoms with van der Waals surface area (Å²) in [6.07, 6.45) is 8.24. The van der Waals surface area contributed by atoms with Gasteiger partial charge in [0.25, 0.3) is 0 Å². The Labute approximate surface area is 80.0 Å². The number of hydrogen-bond donors (Lipinski definition) is 0. The Kier molecular flexibility index (Phi) is 4.31. The molecule has 0 aromatic rings. The van der Waals surface area contributed by atoms with Gasteiger partial charge in [-0.15, -0.1) is 0 Å². The van der Waals surface area contributed by atoms with E-state index in [0.29, 0.717) is 0 Å². The zero-order chi connectivity index (χ0) is 7.40. The number of rotatable bonds is 0. The monoisotopic (exact) mass is 268 g/mol. The Morgan fingerprint density at radius 2 is 1.10 bits per heavy atom. The van der Waals surface area contributed by atoms with E-state index in [1.807, 2.05) is 0 Å². The summed E-state index contributed by atoms with van der Waals surface area (Å²) in [5.74, 6) is 0. The highest BCUT2D eigenvalue weighted by molar-refractivity contribution is 9.09. The molecule has 0 aromatic carbocycles. The second-order valence-electron chi connectivity index (χ2n) is 3.06. The quantitative estimate of drug-likeness (QED) is 0.586. The molecular weight excluding hydrogens is 256 g/mol. The molecule has 1 aliphatic rings. The third-order valence-corrected chi connectivity index (χ3v) is 3.91. The Bertz CT molecular complexity index is 81.3. The van der Waals surface area contributed by atoms with Crippen molar-refractivity contribution in [1.29, 1.82) is 0 Å². The lowest BCUT2D eigenvalue weighted by Gasteiger charge is -2.17. The molecule has 0 aromatic heterocycles. The fourth-order valence-electron chi connectivity index (χ4n) is 1.38. The Morgan fingerprint density at radius 3 is 1.50 bits per heavy atom. The third-order valence-electron chi connectivity index (χ3n) is 2.08. The lowest BCUT2D eigenvalue weighted by Crippen LogP contribution is -2.08. The van der Waals surface area contributed by atoms with Crippen molar-refractivity contribution in [2.75, 3.05) is 0 Å². The van der Waals surface area contributed by atoms with Crippen LogP contribution in [0.1, 0.15) is 38.5 Å². The molecule has 2 heteroatoms. The zero-order valence-corrected chi connectivity index (χ0v) is 9.33. The van der Waals surface area contributed by atoms with Gasteiger partial charge in [0.05, 0.1) is 0 Å². The number of halogens is 2. The van der Waals surface area contributed by atoms with Crippen molar-refractivity contribution < 1.29 is 0 Å². The summed E-state index contributed by atoms with van der Waals surface area (Å²) in [4.78, 5) is 1.57. The third kappa shape index (κ3) is 3.38. The van der Waals surface area contributed by atoms with Gasteiger partial charge in [-0.2, -0.15) is 0 Å². The highest BCUT2D eigenvalue weighted by Gasteiger charge is 2.12. The van der Waals surface area contributed by atoms with Gasteiger partial charge in [0.1, 0.15) is 0 Å². The molecule has 0 amide bonds. The second kappa shape index (κ2) is 4.76. The molecule has 0 radical (unpaired) electrons. The fraction of sp³-hybridized carbons (Fsp3) is 1.00. The van der Waals surface area contributed by atoms with Gasteiger partial charge in [-0.25, -0.2) is 0 Å². The second-order valence-corrected chi connectivity index (χ2v) is 5.65. The van der Waals surface area contributed by atoms with Gasteiger partial charge in [0.2, 0.25) is 0 Å². The molecule has 0 nitrogen and oxygen atoms in total. The molecule has 0 aliphatic heterocycles. The first kappa shape index (κ1) is 9.05. The maximum absolute atomic E-state index is 3.68. The Hall–Kier alpha value is 0.960. The molecule has 60 valence electrons. The smallest absolute Gasteiger partial charge is 0.0146 e. The van der Waals surface area contributed by atoms with Crippen LogP contribution in [-0.2, 0) is 0 Å². The van der Waals surface area contributed by atoms with Crippen LogP contribution in [-0.4, -0.2) is 9.65 Å². The van der Waals surface area contributed by atoms with Crippen LogP contribution < -0.4 is 0 Å². The van der Waals surface area contributed by atoms with Crippen molar-refractivity contribution in [2.45, 2.75) is 48.2 Å². The molecule has 0 bridgehead atoms. The minimum absolute atomic E-state index is 0.785. The maximum Gasteiger partial charge on any atom is 0.0146 e. The van der Waals surface area contributed by atoms with Crippen LogP contribution in [0.15, 0.2) is 0 Å². The van der Waals surface area contributed by atoms with E-state index < -0.39 is 0 Å². The zero-order valence-electron chi connectivity index (χ0n) is 6.15. The first-order valence-electron chi connectivity index (χ1n) is 4.07. The van der Waals surface area contributed by atoms with Crippen molar-refractivity contribution in [3.8, 4) is 0 Å². The van der Waals surface area contributed by atoms with Crippen molar-refractivity contribution in [3.05, 3.63) is 0 Å². The van der Waals surface area contributed by atoms with Crippen LogP contribution in [0.25, 0.3) is 0 Å². The van der Waals surface area contributed by atoms with E-state index in [0.717, 1.165) is 9.65 Å². The van der Waals surface area contributed by atoms with Gasteiger partial charge in [-0.1, -0.05) is 44.7 Å². The van der Waals surface area contributed by atoms with Crippen LogP contribution in [0.4, 0.5) is 0 Å². The van der Waals surface area contributed by atoms with Gasteiger partial charge in [-0.3, -0.25) is 0 Å². The van der Waals surface area contributed by atoms with Crippen LogP contribution >= 0.6 is 31.9 Å². The van der Waals surface area contributed by atoms with E-state index in [1.165, 1.54) is 38.5 Å². The molecule has 10 heavy (non-hydrogen) atoms. The average Bonchev–Trinajstić information content (AvgIpc) is 1.90. The van der Waals surface area contributed by atoms with Gasteiger partial charge in [0, 0.05) is 9.65 Å². The predicted molar refractivity (Wildman–Crippen MR) is 53.1 cm³/mol. The SMILES string of the molecule is BrC1CCCCC(Br)CC1. The average molecular weight is 270 g/mol. The number of hydrogen-bond acceptors (Lipinski definition) is 0. The molecule has 0 spiro atoms. The maximum atomic E-state index is 3.68. The first-order chi connectivity index (χ1) is 4.79. The minimum Gasteiger partial charge on any atom is -0.0891 e. The molecule has 0 saturated heterocycles. The van der Waals surface area contributed by atoms with Crippen molar-refractivity contribution in [2.24, 2.45) is 0 Å². The Balaban J connectivity index is 2.23. The van der Waals surface area contributed by atoms with E-state index >= 15 is 0 Å². The summed E-state index contributed by atoms with van der Waals surface area (Å²) < 4.78 is 0. The van der Waals surface area contributed by atoms with Crippen molar-refractivity contribution >= 4 is 31.9 Å². The summed E-state index contributed by atoms with van der Waals surface area (Å²) in [5, 5.41) is 0. The molecule has 0 heterocycles. The topological polar surface area (TPSA) is 0 Å². The van der Waals surface area contributed by atoms with Crippen LogP contribution in [0.2, 0.25) is 0 Å². The summed E-state index contributed by atoms with van der Waals surface area (Å²) in [7, 11) is 0. The van der Waals surface area contributed by atoms with Crippen molar-refractivity contribution in [3.63, 3.8) is 0 Å². The highest BCUT2D eigenvalue weighted by Crippen LogP contribution is 2.25. The van der Waals surface area contributed by atoms with Gasteiger partial charge in [0.15, 0.2) is 0 Å². The minimum atomic E-state index is 0.785. The van der Waals surface area contributed by atoms with Crippen LogP contribution in [0.3, 0.4) is 0 Å². The predicted octanol–water partition coefficient (Wildman–Crippen LogP) is 3.87. The van der Waals surface area contributed by atoms with E-state index in [4.69, 9.17) is 0 Å². The molecule has 2 atom stereocenters. The largest absolute Gasteiger partial charge is 0.0891 e. The summed E-state index contributed by atoms with van der Waals surface area (Å²) >= 11 is 7.36. The van der Waals surface area contributed by atoms with Gasteiger partial charge < -0.3 is 0 Å². The molecular formula is C8H14Br2. The fourth-order valence-corrected chi connectivity index (χ4v) is 2.56.